The van der Waals surface area contributed by atoms with E-state index >= 15 is 0 Å². The molecule has 0 atom stereocenters. The third-order valence-corrected chi connectivity index (χ3v) is 19.1. The molecule has 0 rings (SSSR count). The first kappa shape index (κ1) is 121. The molecule has 4 N–H and O–H groups in total. The largest absolute Gasteiger partial charge is 1.00 e. The zero-order chi connectivity index (χ0) is 77.9. The van der Waals surface area contributed by atoms with E-state index in [1.807, 2.05) is 0 Å². The van der Waals surface area contributed by atoms with E-state index in [1.54, 1.807) is 0 Å². The van der Waals surface area contributed by atoms with Crippen LogP contribution in [0.25, 0.3) is 0 Å². The van der Waals surface area contributed by atoms with Gasteiger partial charge in [-0.2, -0.15) is 33.7 Å². The Kier molecular flexibility index (Phi) is 108. The third kappa shape index (κ3) is 149. The van der Waals surface area contributed by atoms with Gasteiger partial charge >= 0.3 is 101 Å². The molecule has 24 nitrogen and oxygen atoms in total. The Balaban J connectivity index is -0.000000177. The van der Waals surface area contributed by atoms with Crippen molar-refractivity contribution in [3.05, 3.63) is 0 Å². The molecule has 0 aliphatic heterocycles. The Labute approximate surface area is 684 Å². The predicted molar refractivity (Wildman–Crippen MR) is 412 cm³/mol. The minimum atomic E-state index is -4.48. The average molecular weight is 1640 g/mol. The van der Waals surface area contributed by atoms with Crippen LogP contribution in [0.1, 0.15) is 427 Å². The van der Waals surface area contributed by atoms with Crippen molar-refractivity contribution in [3.63, 3.8) is 0 Å². The van der Waals surface area contributed by atoms with Crippen LogP contribution in [0.15, 0.2) is 0 Å². The second-order valence-corrected chi connectivity index (χ2v) is 33.0. The Morgan fingerprint density at radius 3 is 0.346 bits per heavy atom. The maximum atomic E-state index is 10.2. The van der Waals surface area contributed by atoms with Crippen LogP contribution < -0.4 is 59.1 Å². The molecule has 104 heavy (non-hydrogen) atoms. The number of hydrogen-bond donors (Lipinski definition) is 4. The Bertz CT molecular complexity index is 1930. The fourth-order valence-electron chi connectivity index (χ4n) is 10.5. The maximum absolute atomic E-state index is 10.2. The van der Waals surface area contributed by atoms with E-state index in [1.165, 1.54) is 270 Å². The second-order valence-electron chi connectivity index (χ2n) is 26.6. The number of unbranched alkanes of at least 4 members (excludes halogenated alkanes) is 54. The number of rotatable bonds is 72. The first-order valence-electron chi connectivity index (χ1n) is 40.0. The normalized spacial score (nSPS) is 11.7. The zero-order valence-corrected chi connectivity index (χ0v) is 76.0. The van der Waals surface area contributed by atoms with Gasteiger partial charge in [-0.3, -0.25) is 26.6 Å². The summed E-state index contributed by atoms with van der Waals surface area (Å²) in [6.07, 6.45) is 70.8. The molecule has 0 heterocycles. The summed E-state index contributed by atoms with van der Waals surface area (Å²) >= 11 is 0. The molecule has 0 saturated carbocycles. The van der Waals surface area contributed by atoms with Crippen molar-refractivity contribution in [2.75, 3.05) is 39.6 Å². The van der Waals surface area contributed by atoms with Gasteiger partial charge in [0.1, 0.15) is 0 Å². The molecule has 0 aromatic carbocycles. The topological polar surface area (TPSA) is 387 Å². The van der Waals surface area contributed by atoms with Crippen molar-refractivity contribution in [2.45, 2.75) is 427 Å². The Morgan fingerprint density at radius 1 is 0.173 bits per heavy atom. The van der Waals surface area contributed by atoms with Crippen LogP contribution in [0.2, 0.25) is 0 Å². The summed E-state index contributed by atoms with van der Waals surface area (Å²) in [6.45, 7) is 13.7. The quantitative estimate of drug-likeness (QED) is 0.0190. The molecule has 0 aliphatic rings. The van der Waals surface area contributed by atoms with Gasteiger partial charge in [0.05, 0.1) is 39.6 Å². The molecule has 0 unspecified atom stereocenters. The van der Waals surface area contributed by atoms with E-state index in [-0.39, 0.29) is 98.8 Å². The Morgan fingerprint density at radius 2 is 0.260 bits per heavy atom. The average Bonchev–Trinajstić information content (AvgIpc) is 1.21. The van der Waals surface area contributed by atoms with Crippen LogP contribution >= 0.6 is 0 Å². The maximum Gasteiger partial charge on any atom is 1.00 e. The van der Waals surface area contributed by atoms with Crippen LogP contribution in [0.5, 0.6) is 0 Å². The Hall–Kier alpha value is 1.22. The molecule has 624 valence electrons. The molecule has 0 aliphatic carbocycles. The van der Waals surface area contributed by atoms with Crippen molar-refractivity contribution in [1.82, 2.24) is 0 Å². The first-order chi connectivity index (χ1) is 48.4. The van der Waals surface area contributed by atoms with Gasteiger partial charge in [0.15, 0.2) is 0 Å². The SMILES string of the molecule is CCCCCCCCCCCCOS(=O)(=O)O.CCCCCCCCCCCCOS(=O)(=O)O.CCCCCCCCCCCCOS(=O)(=O)O.CCCCCCCCCCCCOS(=O)(=O)O.CCCCCCCCCCCCOS(=O)(=O)[O-].CCCCCCCCCCCCOS(=O)(=O)[O-].[Na+].[Na+]. The van der Waals surface area contributed by atoms with Gasteiger partial charge in [0.2, 0.25) is 20.8 Å². The van der Waals surface area contributed by atoms with E-state index in [4.69, 9.17) is 18.2 Å². The zero-order valence-electron chi connectivity index (χ0n) is 67.1. The van der Waals surface area contributed by atoms with Gasteiger partial charge in [0.25, 0.3) is 0 Å². The van der Waals surface area contributed by atoms with Gasteiger partial charge in [-0.05, 0) is 38.5 Å². The van der Waals surface area contributed by atoms with Crippen LogP contribution in [0.3, 0.4) is 0 Å². The first-order valence-corrected chi connectivity index (χ1v) is 48.2. The van der Waals surface area contributed by atoms with Gasteiger partial charge < -0.3 is 9.11 Å². The molecule has 0 radical (unpaired) electrons. The fraction of sp³-hybridized carbons (Fsp3) is 1.00. The van der Waals surface area contributed by atoms with Crippen LogP contribution in [0, 0.1) is 0 Å². The standard InChI is InChI=1S/6C12H26O4S.2Na/c6*1-2-3-4-5-6-7-8-9-10-11-12-16-17(13,14)15;;/h6*2-12H2,1H3,(H,13,14,15);;/q;;;;;;2*+1/p-2. The molecular formula is C72H154Na2O24S6. The molecular weight excluding hydrogens is 1490 g/mol. The van der Waals surface area contributed by atoms with Crippen molar-refractivity contribution in [2.24, 2.45) is 0 Å². The summed E-state index contributed by atoms with van der Waals surface area (Å²) < 4.78 is 201. The van der Waals surface area contributed by atoms with E-state index < -0.39 is 62.4 Å². The summed E-state index contributed by atoms with van der Waals surface area (Å²) in [7, 11) is -25.9. The molecule has 0 aromatic rings. The smallest absolute Gasteiger partial charge is 0.726 e. The molecule has 0 saturated heterocycles. The number of hydrogen-bond acceptors (Lipinski definition) is 20. The summed E-state index contributed by atoms with van der Waals surface area (Å²) in [5, 5.41) is 0. The summed E-state index contributed by atoms with van der Waals surface area (Å²) in [4.78, 5) is 0. The molecule has 0 amide bonds. The summed E-state index contributed by atoms with van der Waals surface area (Å²) in [5.74, 6) is 0. The molecule has 0 aromatic heterocycles. The van der Waals surface area contributed by atoms with Crippen molar-refractivity contribution >= 4 is 62.4 Å². The molecule has 0 spiro atoms. The van der Waals surface area contributed by atoms with E-state index in [9.17, 15) is 59.6 Å². The van der Waals surface area contributed by atoms with Crippen molar-refractivity contribution in [3.8, 4) is 0 Å². The van der Waals surface area contributed by atoms with E-state index in [0.717, 1.165) is 77.0 Å². The molecule has 0 bridgehead atoms. The van der Waals surface area contributed by atoms with Crippen molar-refractivity contribution in [1.29, 1.82) is 0 Å². The van der Waals surface area contributed by atoms with Gasteiger partial charge in [0, 0.05) is 0 Å². The van der Waals surface area contributed by atoms with Crippen LogP contribution in [-0.4, -0.2) is 117 Å². The van der Waals surface area contributed by atoms with E-state index in [0.29, 0.717) is 38.5 Å². The van der Waals surface area contributed by atoms with Crippen molar-refractivity contribution < 1.29 is 162 Å². The fourth-order valence-corrected chi connectivity index (χ4v) is 12.5. The molecule has 32 heteroatoms. The minimum absolute atomic E-state index is 0. The van der Waals surface area contributed by atoms with Gasteiger partial charge in [-0.15, -0.1) is 0 Å². The van der Waals surface area contributed by atoms with Crippen LogP contribution in [0.4, 0.5) is 0 Å². The monoisotopic (exact) mass is 1640 g/mol. The minimum Gasteiger partial charge on any atom is -0.726 e. The van der Waals surface area contributed by atoms with Gasteiger partial charge in [-0.25, -0.2) is 33.6 Å². The molecule has 0 fully saturated rings. The predicted octanol–water partition coefficient (Wildman–Crippen LogP) is 15.7. The summed E-state index contributed by atoms with van der Waals surface area (Å²) in [5.41, 5.74) is 0. The van der Waals surface area contributed by atoms with Gasteiger partial charge in [-0.1, -0.05) is 388 Å². The summed E-state index contributed by atoms with van der Waals surface area (Å²) in [6, 6.07) is 0. The van der Waals surface area contributed by atoms with E-state index in [2.05, 4.69) is 66.6 Å². The second kappa shape index (κ2) is 93.1. The third-order valence-electron chi connectivity index (χ3n) is 16.4. The van der Waals surface area contributed by atoms with Crippen LogP contribution in [-0.2, 0) is 87.5 Å².